The summed E-state index contributed by atoms with van der Waals surface area (Å²) in [4.78, 5) is 29.9. The van der Waals surface area contributed by atoms with Gasteiger partial charge in [0.25, 0.3) is 5.56 Å². The third-order valence-electron chi connectivity index (χ3n) is 2.29. The molecule has 19 heavy (non-hydrogen) atoms. The number of nitrogens with two attached hydrogens (primary N) is 1. The van der Waals surface area contributed by atoms with Crippen molar-refractivity contribution in [2.45, 2.75) is 30.2 Å². The molecular formula is C11H18N4O3S. The van der Waals surface area contributed by atoms with E-state index in [0.29, 0.717) is 10.9 Å². The summed E-state index contributed by atoms with van der Waals surface area (Å²) >= 11 is 1.12. The van der Waals surface area contributed by atoms with E-state index in [1.807, 2.05) is 6.92 Å². The number of aromatic amines is 1. The quantitative estimate of drug-likeness (QED) is 0.211. The summed E-state index contributed by atoms with van der Waals surface area (Å²) < 4.78 is 4.95. The first kappa shape index (κ1) is 15.7. The molecule has 1 atom stereocenters. The Labute approximate surface area is 115 Å². The highest BCUT2D eigenvalue weighted by Crippen LogP contribution is 2.19. The maximum atomic E-state index is 11.5. The topological polar surface area (TPSA) is 110 Å². The average Bonchev–Trinajstić information content (AvgIpc) is 2.37. The van der Waals surface area contributed by atoms with E-state index in [4.69, 9.17) is 10.6 Å². The molecule has 1 heterocycles. The number of nitrogens with zero attached hydrogens (tertiary/aromatic N) is 1. The van der Waals surface area contributed by atoms with Crippen LogP contribution < -0.4 is 16.8 Å². The lowest BCUT2D eigenvalue weighted by molar-refractivity contribution is -0.121. The van der Waals surface area contributed by atoms with Crippen LogP contribution in [0.25, 0.3) is 0 Å². The first-order chi connectivity index (χ1) is 9.10. The monoisotopic (exact) mass is 286 g/mol. The summed E-state index contributed by atoms with van der Waals surface area (Å²) in [5.74, 6) is 4.72. The minimum Gasteiger partial charge on any atom is -0.383 e. The predicted octanol–water partition coefficient (Wildman–Crippen LogP) is -0.181. The van der Waals surface area contributed by atoms with Crippen molar-refractivity contribution in [3.8, 4) is 0 Å². The lowest BCUT2D eigenvalue weighted by Crippen LogP contribution is -2.39. The minimum atomic E-state index is -0.560. The number of aromatic nitrogens is 2. The van der Waals surface area contributed by atoms with Crippen molar-refractivity contribution >= 4 is 17.7 Å². The van der Waals surface area contributed by atoms with Gasteiger partial charge in [0.1, 0.15) is 5.25 Å². The van der Waals surface area contributed by atoms with Gasteiger partial charge in [-0.1, -0.05) is 25.1 Å². The van der Waals surface area contributed by atoms with Crippen LogP contribution in [0.5, 0.6) is 0 Å². The molecule has 0 fully saturated rings. The Morgan fingerprint density at radius 3 is 3.00 bits per heavy atom. The molecule has 1 aromatic heterocycles. The number of amides is 1. The zero-order chi connectivity index (χ0) is 14.3. The Bertz CT molecular complexity index is 477. The van der Waals surface area contributed by atoms with Gasteiger partial charge in [-0.15, -0.1) is 0 Å². The van der Waals surface area contributed by atoms with Crippen LogP contribution in [0.2, 0.25) is 0 Å². The van der Waals surface area contributed by atoms with Crippen LogP contribution in [0.4, 0.5) is 0 Å². The van der Waals surface area contributed by atoms with Crippen molar-refractivity contribution in [3.63, 3.8) is 0 Å². The number of rotatable bonds is 7. The van der Waals surface area contributed by atoms with Crippen molar-refractivity contribution in [3.05, 3.63) is 22.1 Å². The summed E-state index contributed by atoms with van der Waals surface area (Å²) in [6, 6.07) is 1.46. The van der Waals surface area contributed by atoms with Gasteiger partial charge in [-0.05, 0) is 6.42 Å². The van der Waals surface area contributed by atoms with Crippen molar-refractivity contribution in [2.75, 3.05) is 13.7 Å². The van der Waals surface area contributed by atoms with Gasteiger partial charge in [0.2, 0.25) is 5.91 Å². The molecule has 8 heteroatoms. The minimum absolute atomic E-state index is 0.176. The number of ether oxygens (including phenoxy) is 1. The molecule has 1 aromatic rings. The first-order valence-electron chi connectivity index (χ1n) is 5.87. The summed E-state index contributed by atoms with van der Waals surface area (Å²) in [6.07, 6.45) is 1.61. The van der Waals surface area contributed by atoms with E-state index in [-0.39, 0.29) is 18.1 Å². The molecule has 1 unspecified atom stereocenters. The van der Waals surface area contributed by atoms with Gasteiger partial charge in [0, 0.05) is 18.9 Å². The fraction of sp³-hybridized carbons (Fsp3) is 0.545. The maximum absolute atomic E-state index is 11.5. The van der Waals surface area contributed by atoms with Crippen LogP contribution in [-0.4, -0.2) is 34.8 Å². The standard InChI is InChI=1S/C11H18N4O3S/c1-3-4-7-5-9(16)14-11(13-7)19-8(6-18-2)10(17)15-12/h5,8H,3-4,6,12H2,1-2H3,(H,15,17)(H,13,14,16). The maximum Gasteiger partial charge on any atom is 0.251 e. The summed E-state index contributed by atoms with van der Waals surface area (Å²) in [6.45, 7) is 2.18. The number of methoxy groups -OCH3 is 1. The summed E-state index contributed by atoms with van der Waals surface area (Å²) in [5.41, 5.74) is 2.54. The normalized spacial score (nSPS) is 12.2. The Morgan fingerprint density at radius 2 is 2.42 bits per heavy atom. The van der Waals surface area contributed by atoms with E-state index in [1.54, 1.807) is 0 Å². The molecule has 0 spiro atoms. The zero-order valence-electron chi connectivity index (χ0n) is 10.9. The van der Waals surface area contributed by atoms with Gasteiger partial charge in [0.15, 0.2) is 5.16 Å². The number of carbonyl (C=O) groups is 1. The fourth-order valence-electron chi connectivity index (χ4n) is 1.47. The van der Waals surface area contributed by atoms with Crippen molar-refractivity contribution in [1.29, 1.82) is 0 Å². The highest BCUT2D eigenvalue weighted by molar-refractivity contribution is 8.00. The van der Waals surface area contributed by atoms with Crippen LogP contribution in [0.15, 0.2) is 16.0 Å². The van der Waals surface area contributed by atoms with Crippen LogP contribution in [0, 0.1) is 0 Å². The van der Waals surface area contributed by atoms with Gasteiger partial charge in [-0.3, -0.25) is 15.0 Å². The van der Waals surface area contributed by atoms with Gasteiger partial charge >= 0.3 is 0 Å². The second-order valence-electron chi connectivity index (χ2n) is 3.86. The van der Waals surface area contributed by atoms with Crippen molar-refractivity contribution < 1.29 is 9.53 Å². The molecule has 7 nitrogen and oxygen atoms in total. The molecule has 0 aromatic carbocycles. The van der Waals surface area contributed by atoms with Gasteiger partial charge in [0.05, 0.1) is 6.61 Å². The first-order valence-corrected chi connectivity index (χ1v) is 6.75. The molecule has 0 bridgehead atoms. The van der Waals surface area contributed by atoms with E-state index in [0.717, 1.165) is 24.6 Å². The number of aryl methyl sites for hydroxylation is 1. The average molecular weight is 286 g/mol. The molecule has 0 aliphatic rings. The smallest absolute Gasteiger partial charge is 0.251 e. The molecule has 1 rings (SSSR count). The molecule has 106 valence electrons. The van der Waals surface area contributed by atoms with E-state index >= 15 is 0 Å². The zero-order valence-corrected chi connectivity index (χ0v) is 11.8. The van der Waals surface area contributed by atoms with Crippen LogP contribution in [-0.2, 0) is 16.0 Å². The largest absolute Gasteiger partial charge is 0.383 e. The van der Waals surface area contributed by atoms with Gasteiger partial charge in [-0.2, -0.15) is 0 Å². The molecule has 0 saturated carbocycles. The van der Waals surface area contributed by atoms with Crippen LogP contribution in [0.3, 0.4) is 0 Å². The molecule has 0 radical (unpaired) electrons. The van der Waals surface area contributed by atoms with E-state index in [1.165, 1.54) is 13.2 Å². The highest BCUT2D eigenvalue weighted by Gasteiger charge is 2.20. The van der Waals surface area contributed by atoms with Crippen LogP contribution >= 0.6 is 11.8 Å². The van der Waals surface area contributed by atoms with Crippen molar-refractivity contribution in [2.24, 2.45) is 5.84 Å². The lowest BCUT2D eigenvalue weighted by atomic mass is 10.2. The second kappa shape index (κ2) is 7.93. The van der Waals surface area contributed by atoms with Gasteiger partial charge < -0.3 is 9.72 Å². The number of hydrogen-bond acceptors (Lipinski definition) is 6. The Morgan fingerprint density at radius 1 is 1.68 bits per heavy atom. The number of hydrazine groups is 1. The molecule has 1 amide bonds. The number of hydrogen-bond donors (Lipinski definition) is 3. The number of carbonyl (C=O) groups excluding carboxylic acids is 1. The van der Waals surface area contributed by atoms with Crippen molar-refractivity contribution in [1.82, 2.24) is 15.4 Å². The van der Waals surface area contributed by atoms with E-state index in [2.05, 4.69) is 15.4 Å². The summed E-state index contributed by atoms with van der Waals surface area (Å²) in [5, 5.41) is -0.170. The Kier molecular flexibility index (Phi) is 6.54. The lowest BCUT2D eigenvalue weighted by Gasteiger charge is -2.13. The van der Waals surface area contributed by atoms with E-state index < -0.39 is 5.25 Å². The number of nitrogens with one attached hydrogen (secondary N) is 2. The van der Waals surface area contributed by atoms with Gasteiger partial charge in [-0.25, -0.2) is 10.8 Å². The summed E-state index contributed by atoms with van der Waals surface area (Å²) in [7, 11) is 1.49. The highest BCUT2D eigenvalue weighted by atomic mass is 32.2. The Balaban J connectivity index is 2.89. The third kappa shape index (κ3) is 5.01. The molecule has 0 saturated heterocycles. The molecule has 0 aliphatic carbocycles. The Hall–Kier alpha value is -1.38. The predicted molar refractivity (Wildman–Crippen MR) is 72.7 cm³/mol. The molecular weight excluding hydrogens is 268 g/mol. The SMILES string of the molecule is CCCc1cc(=O)[nH]c(SC(COC)C(=O)NN)n1. The van der Waals surface area contributed by atoms with E-state index in [9.17, 15) is 9.59 Å². The second-order valence-corrected chi connectivity index (χ2v) is 5.05. The number of H-pyrrole nitrogens is 1. The fourth-order valence-corrected chi connectivity index (χ4v) is 2.44. The van der Waals surface area contributed by atoms with Crippen LogP contribution in [0.1, 0.15) is 19.0 Å². The molecule has 4 N–H and O–H groups in total. The number of thioether (sulfide) groups is 1. The molecule has 0 aliphatic heterocycles. The third-order valence-corrected chi connectivity index (χ3v) is 3.34.